The van der Waals surface area contributed by atoms with Crippen LogP contribution in [0.2, 0.25) is 0 Å². The highest BCUT2D eigenvalue weighted by molar-refractivity contribution is 6.14. The molecule has 56 heavy (non-hydrogen) atoms. The van der Waals surface area contributed by atoms with Gasteiger partial charge in [-0.2, -0.15) is 0 Å². The first-order valence-corrected chi connectivity index (χ1v) is 19.1. The van der Waals surface area contributed by atoms with Crippen molar-refractivity contribution >= 4 is 45.0 Å². The van der Waals surface area contributed by atoms with Gasteiger partial charge in [-0.25, -0.2) is 15.0 Å². The van der Waals surface area contributed by atoms with Gasteiger partial charge in [-0.1, -0.05) is 140 Å². The van der Waals surface area contributed by atoms with Crippen molar-refractivity contribution in [3.63, 3.8) is 0 Å². The molecule has 5 nitrogen and oxygen atoms in total. The molecule has 3 heterocycles. The third kappa shape index (κ3) is 5.36. The van der Waals surface area contributed by atoms with Gasteiger partial charge >= 0.3 is 0 Å². The molecule has 10 aromatic rings. The van der Waals surface area contributed by atoms with Crippen LogP contribution in [0.15, 0.2) is 174 Å². The van der Waals surface area contributed by atoms with E-state index in [4.69, 9.17) is 19.4 Å². The van der Waals surface area contributed by atoms with Crippen LogP contribution >= 0.6 is 0 Å². The Morgan fingerprint density at radius 1 is 0.429 bits per heavy atom. The maximum absolute atomic E-state index is 6.71. The SMILES string of the molecule is C1=c2c(n(-c3ccccc3)c3ccc(-c4cc5c(cc4-c4ccccc4)oc4cccc(-c6nc(-c7ccccc7)nc(-c7ccccc7)n6)c45)cc23)=CCC1. The largest absolute Gasteiger partial charge is 0.456 e. The molecule has 7 aromatic carbocycles. The molecule has 0 aliphatic heterocycles. The highest BCUT2D eigenvalue weighted by atomic mass is 16.3. The third-order valence-electron chi connectivity index (χ3n) is 10.9. The van der Waals surface area contributed by atoms with Crippen LogP contribution in [0.4, 0.5) is 0 Å². The highest BCUT2D eigenvalue weighted by Crippen LogP contribution is 2.43. The number of fused-ring (bicyclic) bond motifs is 6. The van der Waals surface area contributed by atoms with Gasteiger partial charge in [0.05, 0.1) is 5.52 Å². The molecule has 0 radical (unpaired) electrons. The quantitative estimate of drug-likeness (QED) is 0.172. The number of rotatable bonds is 6. The van der Waals surface area contributed by atoms with Crippen molar-refractivity contribution in [1.82, 2.24) is 19.5 Å². The summed E-state index contributed by atoms with van der Waals surface area (Å²) in [5.41, 5.74) is 11.3. The van der Waals surface area contributed by atoms with Crippen LogP contribution in [-0.2, 0) is 0 Å². The minimum atomic E-state index is 0.599. The van der Waals surface area contributed by atoms with Crippen LogP contribution in [0.3, 0.4) is 0 Å². The summed E-state index contributed by atoms with van der Waals surface area (Å²) in [5.74, 6) is 1.85. The van der Waals surface area contributed by atoms with E-state index in [1.165, 1.54) is 27.2 Å². The van der Waals surface area contributed by atoms with E-state index in [1.54, 1.807) is 0 Å². The van der Waals surface area contributed by atoms with E-state index in [1.807, 2.05) is 72.8 Å². The Labute approximate surface area is 323 Å². The predicted octanol–water partition coefficient (Wildman–Crippen LogP) is 11.4. The van der Waals surface area contributed by atoms with Gasteiger partial charge in [-0.3, -0.25) is 0 Å². The molecule has 5 heteroatoms. The van der Waals surface area contributed by atoms with Crippen molar-refractivity contribution in [3.05, 3.63) is 180 Å². The average molecular weight is 719 g/mol. The first-order chi connectivity index (χ1) is 27.8. The number of hydrogen-bond donors (Lipinski definition) is 0. The zero-order valence-corrected chi connectivity index (χ0v) is 30.4. The van der Waals surface area contributed by atoms with Crippen LogP contribution in [0.25, 0.3) is 107 Å². The second kappa shape index (κ2) is 13.2. The van der Waals surface area contributed by atoms with Crippen molar-refractivity contribution < 1.29 is 4.42 Å². The highest BCUT2D eigenvalue weighted by Gasteiger charge is 2.21. The molecule has 0 bridgehead atoms. The van der Waals surface area contributed by atoms with E-state index < -0.39 is 0 Å². The molecule has 0 N–H and O–H groups in total. The van der Waals surface area contributed by atoms with Crippen molar-refractivity contribution in [2.45, 2.75) is 12.8 Å². The minimum Gasteiger partial charge on any atom is -0.456 e. The Hall–Kier alpha value is -7.37. The average Bonchev–Trinajstić information content (AvgIpc) is 3.82. The van der Waals surface area contributed by atoms with E-state index in [9.17, 15) is 0 Å². The van der Waals surface area contributed by atoms with Gasteiger partial charge < -0.3 is 8.98 Å². The number of para-hydroxylation sites is 1. The summed E-state index contributed by atoms with van der Waals surface area (Å²) >= 11 is 0. The van der Waals surface area contributed by atoms with Gasteiger partial charge in [0.25, 0.3) is 0 Å². The number of furan rings is 1. The summed E-state index contributed by atoms with van der Waals surface area (Å²) in [7, 11) is 0. The normalized spacial score (nSPS) is 12.4. The lowest BCUT2D eigenvalue weighted by atomic mass is 9.91. The summed E-state index contributed by atoms with van der Waals surface area (Å²) < 4.78 is 9.12. The molecular weight excluding hydrogens is 685 g/mol. The minimum absolute atomic E-state index is 0.599. The summed E-state index contributed by atoms with van der Waals surface area (Å²) in [6.45, 7) is 0. The second-order valence-corrected chi connectivity index (χ2v) is 14.3. The standard InChI is InChI=1S/C51H34N4O/c1-5-16-33(17-6-1)41-32-47-43(31-40(41)36-28-29-45-42(30-36)38-24-13-14-26-44(38)55(45)37-22-11-4-12-23-37)48-39(25-15-27-46(48)56-47)51-53-49(34-18-7-2-8-19-34)52-50(54-51)35-20-9-3-10-21-35/h1-12,15-32H,13-14H2. The molecule has 1 aliphatic rings. The Morgan fingerprint density at radius 2 is 1.04 bits per heavy atom. The lowest BCUT2D eigenvalue weighted by Crippen LogP contribution is -2.30. The predicted molar refractivity (Wildman–Crippen MR) is 229 cm³/mol. The Morgan fingerprint density at radius 3 is 1.73 bits per heavy atom. The van der Waals surface area contributed by atoms with Crippen LogP contribution in [0.1, 0.15) is 12.8 Å². The fourth-order valence-electron chi connectivity index (χ4n) is 8.30. The first-order valence-electron chi connectivity index (χ1n) is 19.1. The fraction of sp³-hybridized carbons (Fsp3) is 0.0392. The topological polar surface area (TPSA) is 56.7 Å². The van der Waals surface area contributed by atoms with Gasteiger partial charge in [-0.15, -0.1) is 0 Å². The molecule has 1 aliphatic carbocycles. The molecule has 0 saturated heterocycles. The molecule has 0 fully saturated rings. The van der Waals surface area contributed by atoms with Crippen molar-refractivity contribution in [1.29, 1.82) is 0 Å². The number of benzene rings is 7. The van der Waals surface area contributed by atoms with Gasteiger partial charge in [0.15, 0.2) is 17.5 Å². The van der Waals surface area contributed by atoms with Gasteiger partial charge in [0.2, 0.25) is 0 Å². The van der Waals surface area contributed by atoms with E-state index in [0.717, 1.165) is 73.7 Å². The Kier molecular flexibility index (Phi) is 7.56. The van der Waals surface area contributed by atoms with Crippen LogP contribution in [-0.4, -0.2) is 19.5 Å². The van der Waals surface area contributed by atoms with Crippen molar-refractivity contribution in [2.75, 3.05) is 0 Å². The number of hydrogen-bond acceptors (Lipinski definition) is 4. The summed E-state index contributed by atoms with van der Waals surface area (Å²) in [5, 5.41) is 5.80. The molecular formula is C51H34N4O. The molecule has 0 unspecified atom stereocenters. The Balaban J connectivity index is 1.17. The van der Waals surface area contributed by atoms with Crippen molar-refractivity contribution in [2.24, 2.45) is 0 Å². The monoisotopic (exact) mass is 718 g/mol. The lowest BCUT2D eigenvalue weighted by molar-refractivity contribution is 0.669. The third-order valence-corrected chi connectivity index (χ3v) is 10.9. The summed E-state index contributed by atoms with van der Waals surface area (Å²) in [6.07, 6.45) is 6.86. The molecule has 3 aromatic heterocycles. The maximum atomic E-state index is 6.71. The van der Waals surface area contributed by atoms with Crippen LogP contribution < -0.4 is 10.6 Å². The van der Waals surface area contributed by atoms with E-state index in [2.05, 4.69) is 114 Å². The molecule has 0 saturated carbocycles. The fourth-order valence-corrected chi connectivity index (χ4v) is 8.30. The van der Waals surface area contributed by atoms with Gasteiger partial charge in [0, 0.05) is 49.1 Å². The van der Waals surface area contributed by atoms with E-state index >= 15 is 0 Å². The summed E-state index contributed by atoms with van der Waals surface area (Å²) in [4.78, 5) is 15.2. The van der Waals surface area contributed by atoms with E-state index in [-0.39, 0.29) is 0 Å². The van der Waals surface area contributed by atoms with Gasteiger partial charge in [-0.05, 0) is 77.6 Å². The van der Waals surface area contributed by atoms with Crippen LogP contribution in [0.5, 0.6) is 0 Å². The molecule has 11 rings (SSSR count). The lowest BCUT2D eigenvalue weighted by Gasteiger charge is -2.13. The van der Waals surface area contributed by atoms with E-state index in [0.29, 0.717) is 17.5 Å². The van der Waals surface area contributed by atoms with Crippen LogP contribution in [0, 0.1) is 0 Å². The molecule has 0 amide bonds. The second-order valence-electron chi connectivity index (χ2n) is 14.3. The molecule has 0 spiro atoms. The maximum Gasteiger partial charge on any atom is 0.164 e. The van der Waals surface area contributed by atoms with Gasteiger partial charge in [0.1, 0.15) is 11.2 Å². The zero-order chi connectivity index (χ0) is 37.0. The first kappa shape index (κ1) is 32.1. The number of aromatic nitrogens is 4. The molecule has 264 valence electrons. The molecule has 0 atom stereocenters. The Bertz CT molecular complexity index is 3170. The van der Waals surface area contributed by atoms with Crippen molar-refractivity contribution in [3.8, 4) is 62.1 Å². The summed E-state index contributed by atoms with van der Waals surface area (Å²) in [6, 6.07) is 59.1. The number of nitrogens with zero attached hydrogens (tertiary/aromatic N) is 4. The smallest absolute Gasteiger partial charge is 0.164 e. The zero-order valence-electron chi connectivity index (χ0n) is 30.4.